The molecule has 1 aliphatic heterocycles. The molecule has 4 nitrogen and oxygen atoms in total. The summed E-state index contributed by atoms with van der Waals surface area (Å²) in [5, 5.41) is 3.51. The fourth-order valence-electron chi connectivity index (χ4n) is 3.79. The lowest BCUT2D eigenvalue weighted by atomic mass is 9.79. The van der Waals surface area contributed by atoms with Crippen LogP contribution in [-0.2, 0) is 4.79 Å². The third-order valence-corrected chi connectivity index (χ3v) is 5.32. The van der Waals surface area contributed by atoms with Crippen molar-refractivity contribution in [1.82, 2.24) is 10.2 Å². The molecule has 0 aromatic heterocycles. The van der Waals surface area contributed by atoms with Crippen LogP contribution in [0.25, 0.3) is 0 Å². The Morgan fingerprint density at radius 3 is 2.75 bits per heavy atom. The van der Waals surface area contributed by atoms with Crippen molar-refractivity contribution in [2.24, 2.45) is 0 Å². The summed E-state index contributed by atoms with van der Waals surface area (Å²) in [5.41, 5.74) is 2.22. The number of halogens is 1. The highest BCUT2D eigenvalue weighted by Gasteiger charge is 2.43. The maximum absolute atomic E-state index is 13.3. The molecule has 1 N–H and O–H groups in total. The summed E-state index contributed by atoms with van der Waals surface area (Å²) in [7, 11) is 0. The van der Waals surface area contributed by atoms with Crippen molar-refractivity contribution >= 4 is 23.4 Å². The Labute approximate surface area is 171 Å². The van der Waals surface area contributed by atoms with Gasteiger partial charge in [0.1, 0.15) is 0 Å². The van der Waals surface area contributed by atoms with Gasteiger partial charge in [-0.2, -0.15) is 0 Å². The van der Waals surface area contributed by atoms with Crippen molar-refractivity contribution in [3.8, 4) is 0 Å². The Balaban J connectivity index is 2.16. The van der Waals surface area contributed by atoms with Crippen LogP contribution in [0.2, 0.25) is 5.02 Å². The highest BCUT2D eigenvalue weighted by Crippen LogP contribution is 2.43. The summed E-state index contributed by atoms with van der Waals surface area (Å²) in [6.07, 6.45) is 3.48. The molecular formula is C23H25ClN2O2. The highest BCUT2D eigenvalue weighted by molar-refractivity contribution is 6.30. The number of nitrogens with zero attached hydrogens (tertiary/aromatic N) is 1. The van der Waals surface area contributed by atoms with Crippen molar-refractivity contribution in [1.29, 1.82) is 0 Å². The molecule has 2 aromatic carbocycles. The van der Waals surface area contributed by atoms with Gasteiger partial charge in [-0.3, -0.25) is 9.59 Å². The first-order chi connectivity index (χ1) is 13.6. The molecule has 0 bridgehead atoms. The van der Waals surface area contributed by atoms with E-state index in [2.05, 4.69) is 18.8 Å². The molecular weight excluding hydrogens is 372 g/mol. The fourth-order valence-corrected chi connectivity index (χ4v) is 3.99. The Kier molecular flexibility index (Phi) is 6.53. The predicted molar refractivity (Wildman–Crippen MR) is 113 cm³/mol. The van der Waals surface area contributed by atoms with Crippen LogP contribution in [0.4, 0.5) is 0 Å². The molecule has 0 spiro atoms. The van der Waals surface area contributed by atoms with Gasteiger partial charge in [0.2, 0.25) is 5.91 Å². The molecule has 0 saturated carbocycles. The van der Waals surface area contributed by atoms with Crippen LogP contribution >= 0.6 is 11.6 Å². The largest absolute Gasteiger partial charge is 0.352 e. The first-order valence-electron chi connectivity index (χ1n) is 9.62. The third kappa shape index (κ3) is 3.97. The number of hydrogen-bond acceptors (Lipinski definition) is 2. The molecule has 5 heteroatoms. The number of unbranched alkanes of at least 4 members (excludes halogenated alkanes) is 1. The number of amides is 2. The minimum Gasteiger partial charge on any atom is -0.352 e. The topological polar surface area (TPSA) is 49.4 Å². The highest BCUT2D eigenvalue weighted by atomic mass is 35.5. The molecule has 2 amide bonds. The zero-order valence-electron chi connectivity index (χ0n) is 16.0. The monoisotopic (exact) mass is 396 g/mol. The van der Waals surface area contributed by atoms with Crippen molar-refractivity contribution in [2.45, 2.75) is 31.7 Å². The van der Waals surface area contributed by atoms with Crippen LogP contribution in [0.3, 0.4) is 0 Å². The third-order valence-electron chi connectivity index (χ3n) is 5.08. The number of fused-ring (bicyclic) bond motifs is 1. The first kappa shape index (κ1) is 20.2. The zero-order chi connectivity index (χ0) is 20.1. The first-order valence-corrected chi connectivity index (χ1v) is 10.00. The van der Waals surface area contributed by atoms with E-state index in [1.807, 2.05) is 41.3 Å². The van der Waals surface area contributed by atoms with Gasteiger partial charge in [0, 0.05) is 23.7 Å². The van der Waals surface area contributed by atoms with E-state index in [9.17, 15) is 9.59 Å². The molecule has 28 heavy (non-hydrogen) atoms. The van der Waals surface area contributed by atoms with E-state index in [0.717, 1.165) is 24.0 Å². The normalized spacial score (nSPS) is 18.5. The van der Waals surface area contributed by atoms with Crippen LogP contribution in [0.15, 0.2) is 61.2 Å². The molecule has 1 aliphatic rings. The lowest BCUT2D eigenvalue weighted by Gasteiger charge is -2.42. The molecule has 2 aromatic rings. The average molecular weight is 397 g/mol. The molecule has 0 aliphatic carbocycles. The van der Waals surface area contributed by atoms with Crippen LogP contribution in [0, 0.1) is 0 Å². The van der Waals surface area contributed by atoms with E-state index < -0.39 is 12.0 Å². The number of benzene rings is 2. The van der Waals surface area contributed by atoms with Crippen molar-refractivity contribution in [2.75, 3.05) is 13.1 Å². The molecule has 0 fully saturated rings. The molecule has 2 atom stereocenters. The van der Waals surface area contributed by atoms with E-state index in [0.29, 0.717) is 23.7 Å². The Morgan fingerprint density at radius 2 is 2.04 bits per heavy atom. The van der Waals surface area contributed by atoms with Gasteiger partial charge in [-0.05, 0) is 35.7 Å². The van der Waals surface area contributed by atoms with Gasteiger partial charge in [-0.1, -0.05) is 61.4 Å². The summed E-state index contributed by atoms with van der Waals surface area (Å²) < 4.78 is 0. The van der Waals surface area contributed by atoms with E-state index >= 15 is 0 Å². The van der Waals surface area contributed by atoms with Gasteiger partial charge in [-0.25, -0.2) is 0 Å². The van der Waals surface area contributed by atoms with Gasteiger partial charge < -0.3 is 10.2 Å². The van der Waals surface area contributed by atoms with Crippen molar-refractivity contribution in [3.63, 3.8) is 0 Å². The second kappa shape index (κ2) is 9.07. The number of carbonyl (C=O) groups excluding carboxylic acids is 2. The predicted octanol–water partition coefficient (Wildman–Crippen LogP) is 4.72. The minimum atomic E-state index is -0.510. The Hall–Kier alpha value is -2.59. The average Bonchev–Trinajstić information content (AvgIpc) is 2.71. The maximum atomic E-state index is 13.3. The van der Waals surface area contributed by atoms with Crippen LogP contribution in [0.5, 0.6) is 0 Å². The molecule has 146 valence electrons. The van der Waals surface area contributed by atoms with Crippen molar-refractivity contribution < 1.29 is 9.59 Å². The summed E-state index contributed by atoms with van der Waals surface area (Å²) in [4.78, 5) is 28.3. The fraction of sp³-hybridized carbons (Fsp3) is 0.304. The molecule has 3 rings (SSSR count). The van der Waals surface area contributed by atoms with Gasteiger partial charge in [0.05, 0.1) is 12.0 Å². The van der Waals surface area contributed by atoms with E-state index in [-0.39, 0.29) is 11.8 Å². The van der Waals surface area contributed by atoms with E-state index in [1.165, 1.54) is 0 Å². The van der Waals surface area contributed by atoms with Crippen LogP contribution in [0.1, 0.15) is 53.2 Å². The second-order valence-electron chi connectivity index (χ2n) is 6.95. The van der Waals surface area contributed by atoms with Crippen molar-refractivity contribution in [3.05, 3.63) is 82.9 Å². The smallest absolute Gasteiger partial charge is 0.254 e. The standard InChI is InChI=1S/C23H25ClN2O2/c1-3-5-14-26-21(16-9-8-10-17(24)15-16)20(22(27)25-13-4-2)18-11-6-7-12-19(18)23(26)28/h4,6-12,15,20-21H,2-3,5,13-14H2,1H3,(H,25,27)/t20-,21+/m1/s1. The summed E-state index contributed by atoms with van der Waals surface area (Å²) >= 11 is 6.25. The molecule has 1 heterocycles. The molecule has 0 saturated heterocycles. The molecule has 0 unspecified atom stereocenters. The quantitative estimate of drug-likeness (QED) is 0.688. The van der Waals surface area contributed by atoms with Gasteiger partial charge in [0.25, 0.3) is 5.91 Å². The summed E-state index contributed by atoms with van der Waals surface area (Å²) in [6, 6.07) is 14.4. The number of nitrogens with one attached hydrogen (secondary N) is 1. The Morgan fingerprint density at radius 1 is 1.25 bits per heavy atom. The zero-order valence-corrected chi connectivity index (χ0v) is 16.8. The lowest BCUT2D eigenvalue weighted by Crippen LogP contribution is -2.47. The van der Waals surface area contributed by atoms with Crippen LogP contribution in [-0.4, -0.2) is 29.8 Å². The number of carbonyl (C=O) groups is 2. The summed E-state index contributed by atoms with van der Waals surface area (Å²) in [6.45, 7) is 6.74. The van der Waals surface area contributed by atoms with E-state index in [4.69, 9.17) is 11.6 Å². The number of hydrogen-bond donors (Lipinski definition) is 1. The van der Waals surface area contributed by atoms with E-state index in [1.54, 1.807) is 18.2 Å². The lowest BCUT2D eigenvalue weighted by molar-refractivity contribution is -0.124. The second-order valence-corrected chi connectivity index (χ2v) is 7.39. The molecule has 0 radical (unpaired) electrons. The summed E-state index contributed by atoms with van der Waals surface area (Å²) in [5.74, 6) is -0.669. The van der Waals surface area contributed by atoms with Crippen LogP contribution < -0.4 is 5.32 Å². The Bertz CT molecular complexity index is 880. The van der Waals surface area contributed by atoms with Gasteiger partial charge in [-0.15, -0.1) is 6.58 Å². The minimum absolute atomic E-state index is 0.0400. The number of rotatable bonds is 7. The van der Waals surface area contributed by atoms with Gasteiger partial charge >= 0.3 is 0 Å². The SMILES string of the molecule is C=CCNC(=O)[C@@H]1c2ccccc2C(=O)N(CCCC)[C@H]1c1cccc(Cl)c1. The van der Waals surface area contributed by atoms with Gasteiger partial charge in [0.15, 0.2) is 0 Å². The maximum Gasteiger partial charge on any atom is 0.254 e.